The molecular weight excluding hydrogens is 156 g/mol. The van der Waals surface area contributed by atoms with Crippen LogP contribution >= 0.6 is 0 Å². The molecule has 0 saturated heterocycles. The number of ether oxygens (including phenoxy) is 1. The molecule has 2 N–H and O–H groups in total. The van der Waals surface area contributed by atoms with E-state index in [9.17, 15) is 0 Å². The van der Waals surface area contributed by atoms with Gasteiger partial charge < -0.3 is 14.9 Å². The second-order valence-corrected chi connectivity index (χ2v) is 2.82. The monoisotopic (exact) mass is 168 g/mol. The third-order valence-electron chi connectivity index (χ3n) is 1.26. The number of aliphatic hydroxyl groups is 2. The minimum atomic E-state index is -1.77. The Balaban J connectivity index is 2.44. The molecule has 3 nitrogen and oxygen atoms in total. The maximum atomic E-state index is 8.91. The highest BCUT2D eigenvalue weighted by Crippen LogP contribution is 2.10. The van der Waals surface area contributed by atoms with Crippen molar-refractivity contribution in [1.82, 2.24) is 0 Å². The van der Waals surface area contributed by atoms with E-state index in [1.807, 2.05) is 18.2 Å². The van der Waals surface area contributed by atoms with Crippen LogP contribution in [0.1, 0.15) is 6.92 Å². The van der Waals surface area contributed by atoms with Crippen molar-refractivity contribution in [2.75, 3.05) is 6.61 Å². The number of rotatable bonds is 3. The van der Waals surface area contributed by atoms with Crippen molar-refractivity contribution in [3.63, 3.8) is 0 Å². The van der Waals surface area contributed by atoms with Crippen LogP contribution in [-0.4, -0.2) is 22.6 Å². The summed E-state index contributed by atoms with van der Waals surface area (Å²) >= 11 is 0. The molecule has 0 radical (unpaired) electrons. The van der Waals surface area contributed by atoms with E-state index >= 15 is 0 Å². The number of para-hydroxylation sites is 1. The van der Waals surface area contributed by atoms with Crippen LogP contribution in [0.4, 0.5) is 0 Å². The summed E-state index contributed by atoms with van der Waals surface area (Å²) in [6, 6.07) is 9.02. The summed E-state index contributed by atoms with van der Waals surface area (Å²) in [5, 5.41) is 17.8. The Morgan fingerprint density at radius 1 is 1.25 bits per heavy atom. The summed E-state index contributed by atoms with van der Waals surface area (Å²) in [6.07, 6.45) is 0. The fraction of sp³-hybridized carbons (Fsp3) is 0.333. The summed E-state index contributed by atoms with van der Waals surface area (Å²) in [5.41, 5.74) is 0. The topological polar surface area (TPSA) is 49.7 Å². The summed E-state index contributed by atoms with van der Waals surface area (Å²) in [4.78, 5) is 0. The molecule has 1 aromatic rings. The lowest BCUT2D eigenvalue weighted by Gasteiger charge is -2.16. The van der Waals surface area contributed by atoms with Crippen LogP contribution in [0.15, 0.2) is 30.3 Å². The van der Waals surface area contributed by atoms with Crippen molar-refractivity contribution >= 4 is 0 Å². The van der Waals surface area contributed by atoms with Crippen LogP contribution in [0.3, 0.4) is 0 Å². The van der Waals surface area contributed by atoms with Crippen molar-refractivity contribution in [3.05, 3.63) is 30.3 Å². The highest BCUT2D eigenvalue weighted by Gasteiger charge is 2.15. The van der Waals surface area contributed by atoms with E-state index in [2.05, 4.69) is 0 Å². The van der Waals surface area contributed by atoms with E-state index in [4.69, 9.17) is 14.9 Å². The Morgan fingerprint density at radius 3 is 2.33 bits per heavy atom. The molecular formula is C9H12O3. The number of benzene rings is 1. The number of hydrogen-bond donors (Lipinski definition) is 2. The maximum absolute atomic E-state index is 8.91. The van der Waals surface area contributed by atoms with Crippen molar-refractivity contribution in [2.24, 2.45) is 0 Å². The van der Waals surface area contributed by atoms with Gasteiger partial charge in [0.05, 0.1) is 0 Å². The van der Waals surface area contributed by atoms with E-state index in [1.54, 1.807) is 12.1 Å². The Kier molecular flexibility index (Phi) is 2.68. The second kappa shape index (κ2) is 3.56. The molecule has 0 heterocycles. The van der Waals surface area contributed by atoms with E-state index in [0.717, 1.165) is 0 Å². The van der Waals surface area contributed by atoms with Gasteiger partial charge in [-0.1, -0.05) is 18.2 Å². The zero-order chi connectivity index (χ0) is 9.03. The highest BCUT2D eigenvalue weighted by atomic mass is 16.6. The Labute approximate surface area is 71.2 Å². The molecule has 0 aliphatic carbocycles. The van der Waals surface area contributed by atoms with E-state index in [-0.39, 0.29) is 6.61 Å². The molecule has 0 spiro atoms. The lowest BCUT2D eigenvalue weighted by atomic mass is 10.3. The van der Waals surface area contributed by atoms with Crippen LogP contribution < -0.4 is 4.74 Å². The van der Waals surface area contributed by atoms with Crippen molar-refractivity contribution < 1.29 is 14.9 Å². The Bertz CT molecular complexity index is 225. The van der Waals surface area contributed by atoms with Gasteiger partial charge in [0.15, 0.2) is 5.79 Å². The molecule has 12 heavy (non-hydrogen) atoms. The van der Waals surface area contributed by atoms with Crippen molar-refractivity contribution in [2.45, 2.75) is 12.7 Å². The molecule has 0 unspecified atom stereocenters. The summed E-state index contributed by atoms with van der Waals surface area (Å²) < 4.78 is 5.07. The van der Waals surface area contributed by atoms with Crippen LogP contribution in [0, 0.1) is 0 Å². The third-order valence-corrected chi connectivity index (χ3v) is 1.26. The van der Waals surface area contributed by atoms with Gasteiger partial charge in [-0.05, 0) is 19.1 Å². The maximum Gasteiger partial charge on any atom is 0.194 e. The Hall–Kier alpha value is -1.06. The van der Waals surface area contributed by atoms with Crippen LogP contribution in [-0.2, 0) is 0 Å². The molecule has 0 bridgehead atoms. The van der Waals surface area contributed by atoms with E-state index in [1.165, 1.54) is 6.92 Å². The van der Waals surface area contributed by atoms with Gasteiger partial charge in [0.2, 0.25) is 0 Å². The summed E-state index contributed by atoms with van der Waals surface area (Å²) in [5.74, 6) is -1.14. The zero-order valence-corrected chi connectivity index (χ0v) is 6.90. The molecule has 3 heteroatoms. The Morgan fingerprint density at radius 2 is 1.83 bits per heavy atom. The zero-order valence-electron chi connectivity index (χ0n) is 6.90. The molecule has 0 amide bonds. The quantitative estimate of drug-likeness (QED) is 0.655. The van der Waals surface area contributed by atoms with Gasteiger partial charge in [0.25, 0.3) is 0 Å². The fourth-order valence-electron chi connectivity index (χ4n) is 0.737. The van der Waals surface area contributed by atoms with Crippen LogP contribution in [0.25, 0.3) is 0 Å². The molecule has 1 rings (SSSR count). The SMILES string of the molecule is CC(O)(O)COc1ccccc1. The first-order valence-electron chi connectivity index (χ1n) is 3.70. The second-order valence-electron chi connectivity index (χ2n) is 2.82. The standard InChI is InChI=1S/C9H12O3/c1-9(10,11)7-12-8-5-3-2-4-6-8/h2-6,10-11H,7H2,1H3. The molecule has 0 aliphatic rings. The number of hydrogen-bond acceptors (Lipinski definition) is 3. The van der Waals surface area contributed by atoms with Gasteiger partial charge in [-0.15, -0.1) is 0 Å². The minimum Gasteiger partial charge on any atom is -0.488 e. The van der Waals surface area contributed by atoms with Gasteiger partial charge >= 0.3 is 0 Å². The average molecular weight is 168 g/mol. The van der Waals surface area contributed by atoms with Gasteiger partial charge in [-0.3, -0.25) is 0 Å². The molecule has 0 saturated carbocycles. The minimum absolute atomic E-state index is 0.128. The van der Waals surface area contributed by atoms with E-state index in [0.29, 0.717) is 5.75 Å². The molecule has 0 aromatic heterocycles. The smallest absolute Gasteiger partial charge is 0.194 e. The predicted octanol–water partition coefficient (Wildman–Crippen LogP) is 0.766. The largest absolute Gasteiger partial charge is 0.488 e. The van der Waals surface area contributed by atoms with Crippen molar-refractivity contribution in [3.8, 4) is 5.75 Å². The molecule has 0 fully saturated rings. The summed E-state index contributed by atoms with van der Waals surface area (Å²) in [6.45, 7) is 1.15. The lowest BCUT2D eigenvalue weighted by molar-refractivity contribution is -0.165. The molecule has 66 valence electrons. The summed E-state index contributed by atoms with van der Waals surface area (Å²) in [7, 11) is 0. The first-order chi connectivity index (χ1) is 5.58. The molecule has 0 aliphatic heterocycles. The first-order valence-corrected chi connectivity index (χ1v) is 3.70. The van der Waals surface area contributed by atoms with Gasteiger partial charge in [-0.2, -0.15) is 0 Å². The van der Waals surface area contributed by atoms with Crippen LogP contribution in [0.2, 0.25) is 0 Å². The predicted molar refractivity (Wildman–Crippen MR) is 44.8 cm³/mol. The van der Waals surface area contributed by atoms with Gasteiger partial charge in [0, 0.05) is 0 Å². The highest BCUT2D eigenvalue weighted by molar-refractivity contribution is 5.20. The van der Waals surface area contributed by atoms with Gasteiger partial charge in [-0.25, -0.2) is 0 Å². The van der Waals surface area contributed by atoms with Gasteiger partial charge in [0.1, 0.15) is 12.4 Å². The third kappa shape index (κ3) is 3.37. The average Bonchev–Trinajstić information content (AvgIpc) is 2.02. The first kappa shape index (κ1) is 9.03. The fourth-order valence-corrected chi connectivity index (χ4v) is 0.737. The van der Waals surface area contributed by atoms with Crippen molar-refractivity contribution in [1.29, 1.82) is 0 Å². The van der Waals surface area contributed by atoms with Crippen LogP contribution in [0.5, 0.6) is 5.75 Å². The lowest BCUT2D eigenvalue weighted by Crippen LogP contribution is -2.31. The van der Waals surface area contributed by atoms with E-state index < -0.39 is 5.79 Å². The molecule has 0 atom stereocenters. The molecule has 1 aromatic carbocycles. The normalized spacial score (nSPS) is 11.2.